The van der Waals surface area contributed by atoms with Crippen LogP contribution in [0.5, 0.6) is 5.75 Å². The van der Waals surface area contributed by atoms with Gasteiger partial charge in [0, 0.05) is 37.7 Å². The van der Waals surface area contributed by atoms with Crippen LogP contribution in [0.2, 0.25) is 15.1 Å². The molecule has 0 aromatic heterocycles. The molecule has 1 atom stereocenters. The molecule has 0 spiro atoms. The highest BCUT2D eigenvalue weighted by molar-refractivity contribution is 6.42. The summed E-state index contributed by atoms with van der Waals surface area (Å²) in [7, 11) is 0. The predicted molar refractivity (Wildman–Crippen MR) is 122 cm³/mol. The van der Waals surface area contributed by atoms with E-state index in [9.17, 15) is 9.59 Å². The maximum absolute atomic E-state index is 13.0. The average Bonchev–Trinajstić information content (AvgIpc) is 3.06. The highest BCUT2D eigenvalue weighted by Crippen LogP contribution is 2.31. The molecule has 0 aliphatic carbocycles. The molecule has 2 aromatic carbocycles. The van der Waals surface area contributed by atoms with Crippen molar-refractivity contribution in [2.75, 3.05) is 44.2 Å². The fraction of sp³-hybridized carbons (Fsp3) is 0.364. The van der Waals surface area contributed by atoms with Crippen molar-refractivity contribution < 1.29 is 14.3 Å². The van der Waals surface area contributed by atoms with Gasteiger partial charge in [-0.2, -0.15) is 0 Å². The van der Waals surface area contributed by atoms with Crippen molar-refractivity contribution in [3.05, 3.63) is 57.5 Å². The number of imide groups is 1. The molecule has 0 bridgehead atoms. The number of amides is 2. The van der Waals surface area contributed by atoms with Gasteiger partial charge in [0.2, 0.25) is 5.91 Å². The lowest BCUT2D eigenvalue weighted by atomic mass is 10.1. The summed E-state index contributed by atoms with van der Waals surface area (Å²) in [5.41, 5.74) is 0.463. The van der Waals surface area contributed by atoms with E-state index in [0.29, 0.717) is 27.4 Å². The van der Waals surface area contributed by atoms with Crippen molar-refractivity contribution in [2.45, 2.75) is 12.5 Å². The monoisotopic (exact) mass is 481 g/mol. The summed E-state index contributed by atoms with van der Waals surface area (Å²) in [6.07, 6.45) is 0.179. The molecule has 2 aliphatic heterocycles. The zero-order chi connectivity index (χ0) is 22.0. The lowest BCUT2D eigenvalue weighted by molar-refractivity contribution is -0.123. The Morgan fingerprint density at radius 2 is 1.61 bits per heavy atom. The van der Waals surface area contributed by atoms with Crippen LogP contribution < -0.4 is 9.64 Å². The van der Waals surface area contributed by atoms with Crippen molar-refractivity contribution in [3.63, 3.8) is 0 Å². The molecule has 31 heavy (non-hydrogen) atoms. The summed E-state index contributed by atoms with van der Waals surface area (Å²) in [4.78, 5) is 31.2. The van der Waals surface area contributed by atoms with Crippen LogP contribution in [0.1, 0.15) is 6.42 Å². The van der Waals surface area contributed by atoms with Crippen LogP contribution in [0.4, 0.5) is 5.69 Å². The van der Waals surface area contributed by atoms with Crippen LogP contribution in [-0.2, 0) is 9.59 Å². The number of anilines is 1. The number of carbonyl (C=O) groups excluding carboxylic acids is 2. The quantitative estimate of drug-likeness (QED) is 0.583. The van der Waals surface area contributed by atoms with Gasteiger partial charge in [-0.1, -0.05) is 34.8 Å². The summed E-state index contributed by atoms with van der Waals surface area (Å²) >= 11 is 17.9. The second kappa shape index (κ2) is 9.76. The van der Waals surface area contributed by atoms with Crippen LogP contribution in [0, 0.1) is 0 Å². The lowest BCUT2D eigenvalue weighted by Crippen LogP contribution is -2.53. The fourth-order valence-electron chi connectivity index (χ4n) is 3.92. The molecular formula is C22H22Cl3N3O3. The van der Waals surface area contributed by atoms with Gasteiger partial charge in [0.25, 0.3) is 5.91 Å². The van der Waals surface area contributed by atoms with E-state index in [1.165, 1.54) is 4.90 Å². The largest absolute Gasteiger partial charge is 0.492 e. The first kappa shape index (κ1) is 22.4. The van der Waals surface area contributed by atoms with E-state index in [1.807, 2.05) is 12.1 Å². The number of piperazine rings is 1. The number of carbonyl (C=O) groups is 2. The number of hydrogen-bond donors (Lipinski definition) is 0. The maximum atomic E-state index is 13.0. The van der Waals surface area contributed by atoms with Crippen LogP contribution in [-0.4, -0.2) is 67.0 Å². The number of nitrogens with zero attached hydrogens (tertiary/aromatic N) is 3. The standard InChI is InChI=1S/C22H22Cl3N3O3/c23-15-1-4-17(5-2-15)31-12-11-26-7-9-27(10-8-26)20-14-21(29)28(22(20)30)16-3-6-18(24)19(25)13-16/h1-6,13,20H,7-12,14H2/t20-/m1/s1. The summed E-state index contributed by atoms with van der Waals surface area (Å²) in [5, 5.41) is 1.39. The normalized spacial score (nSPS) is 20.5. The van der Waals surface area contributed by atoms with E-state index in [-0.39, 0.29) is 18.2 Å². The third kappa shape index (κ3) is 5.16. The van der Waals surface area contributed by atoms with E-state index < -0.39 is 6.04 Å². The molecule has 0 unspecified atom stereocenters. The molecule has 9 heteroatoms. The first-order valence-corrected chi connectivity index (χ1v) is 11.2. The molecule has 2 fully saturated rings. The zero-order valence-corrected chi connectivity index (χ0v) is 19.0. The minimum atomic E-state index is -0.436. The van der Waals surface area contributed by atoms with Gasteiger partial charge >= 0.3 is 0 Å². The zero-order valence-electron chi connectivity index (χ0n) is 16.8. The maximum Gasteiger partial charge on any atom is 0.251 e. The highest BCUT2D eigenvalue weighted by Gasteiger charge is 2.43. The van der Waals surface area contributed by atoms with Gasteiger partial charge in [0.1, 0.15) is 12.4 Å². The van der Waals surface area contributed by atoms with Gasteiger partial charge < -0.3 is 4.74 Å². The van der Waals surface area contributed by atoms with E-state index >= 15 is 0 Å². The third-order valence-corrected chi connectivity index (χ3v) is 6.61. The van der Waals surface area contributed by atoms with Crippen molar-refractivity contribution in [1.29, 1.82) is 0 Å². The van der Waals surface area contributed by atoms with Crippen molar-refractivity contribution in [2.24, 2.45) is 0 Å². The Labute approximate surface area is 196 Å². The second-order valence-corrected chi connectivity index (χ2v) is 8.82. The Bertz CT molecular complexity index is 962. The van der Waals surface area contributed by atoms with E-state index in [1.54, 1.807) is 30.3 Å². The number of benzene rings is 2. The van der Waals surface area contributed by atoms with Gasteiger partial charge in [0.05, 0.1) is 28.2 Å². The number of halogens is 3. The Kier molecular flexibility index (Phi) is 7.04. The molecule has 0 saturated carbocycles. The second-order valence-electron chi connectivity index (χ2n) is 7.57. The van der Waals surface area contributed by atoms with Crippen LogP contribution in [0.3, 0.4) is 0 Å². The number of ether oxygens (including phenoxy) is 1. The molecule has 0 N–H and O–H groups in total. The minimum absolute atomic E-state index is 0.179. The van der Waals surface area contributed by atoms with Gasteiger partial charge in [-0.25, -0.2) is 4.90 Å². The van der Waals surface area contributed by atoms with Crippen molar-refractivity contribution in [3.8, 4) is 5.75 Å². The van der Waals surface area contributed by atoms with Crippen molar-refractivity contribution >= 4 is 52.3 Å². The minimum Gasteiger partial charge on any atom is -0.492 e. The smallest absolute Gasteiger partial charge is 0.251 e. The third-order valence-electron chi connectivity index (χ3n) is 5.62. The summed E-state index contributed by atoms with van der Waals surface area (Å²) in [6.45, 7) is 4.44. The Morgan fingerprint density at radius 3 is 2.29 bits per heavy atom. The average molecular weight is 483 g/mol. The molecule has 2 saturated heterocycles. The van der Waals surface area contributed by atoms with Gasteiger partial charge in [-0.15, -0.1) is 0 Å². The summed E-state index contributed by atoms with van der Waals surface area (Å²) in [5.74, 6) is 0.371. The predicted octanol–water partition coefficient (Wildman–Crippen LogP) is 3.98. The lowest BCUT2D eigenvalue weighted by Gasteiger charge is -2.36. The van der Waals surface area contributed by atoms with E-state index in [0.717, 1.165) is 38.5 Å². The van der Waals surface area contributed by atoms with Crippen molar-refractivity contribution in [1.82, 2.24) is 9.80 Å². The molecule has 164 valence electrons. The molecule has 2 heterocycles. The number of rotatable bonds is 6. The molecule has 6 nitrogen and oxygen atoms in total. The Balaban J connectivity index is 1.28. The van der Waals surface area contributed by atoms with Gasteiger partial charge in [0.15, 0.2) is 0 Å². The molecule has 4 rings (SSSR count). The van der Waals surface area contributed by atoms with Crippen LogP contribution in [0.25, 0.3) is 0 Å². The van der Waals surface area contributed by atoms with Crippen LogP contribution in [0.15, 0.2) is 42.5 Å². The molecule has 0 radical (unpaired) electrons. The highest BCUT2D eigenvalue weighted by atomic mass is 35.5. The molecular weight excluding hydrogens is 461 g/mol. The first-order chi connectivity index (χ1) is 14.9. The SMILES string of the molecule is O=C1C[C@@H](N2CCN(CCOc3ccc(Cl)cc3)CC2)C(=O)N1c1ccc(Cl)c(Cl)c1. The van der Waals surface area contributed by atoms with Crippen LogP contribution >= 0.6 is 34.8 Å². The summed E-state index contributed by atoms with van der Waals surface area (Å²) < 4.78 is 5.76. The van der Waals surface area contributed by atoms with Gasteiger partial charge in [-0.05, 0) is 42.5 Å². The molecule has 2 aliphatic rings. The van der Waals surface area contributed by atoms with Gasteiger partial charge in [-0.3, -0.25) is 19.4 Å². The van der Waals surface area contributed by atoms with E-state index in [4.69, 9.17) is 39.5 Å². The molecule has 2 amide bonds. The topological polar surface area (TPSA) is 53.1 Å². The summed E-state index contributed by atoms with van der Waals surface area (Å²) in [6, 6.07) is 11.7. The Hall–Kier alpha value is -1.83. The number of hydrogen-bond acceptors (Lipinski definition) is 5. The Morgan fingerprint density at radius 1 is 0.903 bits per heavy atom. The van der Waals surface area contributed by atoms with E-state index in [2.05, 4.69) is 9.80 Å². The fourth-order valence-corrected chi connectivity index (χ4v) is 4.34. The molecule has 2 aromatic rings. The first-order valence-electron chi connectivity index (χ1n) is 10.1.